The van der Waals surface area contributed by atoms with Gasteiger partial charge in [-0.05, 0) is 25.0 Å². The molecule has 16 heavy (non-hydrogen) atoms. The Labute approximate surface area is 96.4 Å². The van der Waals surface area contributed by atoms with Gasteiger partial charge in [-0.15, -0.1) is 0 Å². The van der Waals surface area contributed by atoms with Crippen LogP contribution in [0.4, 0.5) is 0 Å². The second-order valence-electron chi connectivity index (χ2n) is 4.21. The Balaban J connectivity index is 2.33. The molecular formula is C12H15NO2S. The van der Waals surface area contributed by atoms with Crippen molar-refractivity contribution >= 4 is 10.0 Å². The summed E-state index contributed by atoms with van der Waals surface area (Å²) in [5.41, 5.74) is 1.06. The van der Waals surface area contributed by atoms with E-state index < -0.39 is 10.0 Å². The standard InChI is InChI=1S/C12H15NO2S/c1-10-3-5-12(6-4-10)16(14,15)13-8-7-11(2)9-13/h3-8,11H,9H2,1-2H3. The molecule has 1 atom stereocenters. The van der Waals surface area contributed by atoms with Gasteiger partial charge in [-0.3, -0.25) is 4.31 Å². The molecule has 1 aliphatic rings. The highest BCUT2D eigenvalue weighted by Crippen LogP contribution is 2.22. The van der Waals surface area contributed by atoms with Crippen LogP contribution in [0.2, 0.25) is 0 Å². The normalized spacial score (nSPS) is 20.4. The first-order valence-electron chi connectivity index (χ1n) is 5.27. The highest BCUT2D eigenvalue weighted by Gasteiger charge is 2.25. The Morgan fingerprint density at radius 1 is 1.25 bits per heavy atom. The summed E-state index contributed by atoms with van der Waals surface area (Å²) in [6, 6.07) is 6.94. The molecule has 1 heterocycles. The number of hydrogen-bond acceptors (Lipinski definition) is 2. The van der Waals surface area contributed by atoms with Crippen LogP contribution in [0.15, 0.2) is 41.4 Å². The number of hydrogen-bond donors (Lipinski definition) is 0. The lowest BCUT2D eigenvalue weighted by atomic mass is 10.2. The lowest BCUT2D eigenvalue weighted by Crippen LogP contribution is -2.25. The van der Waals surface area contributed by atoms with Crippen molar-refractivity contribution in [2.75, 3.05) is 6.54 Å². The van der Waals surface area contributed by atoms with E-state index >= 15 is 0 Å². The molecule has 0 amide bonds. The van der Waals surface area contributed by atoms with Gasteiger partial charge in [0.25, 0.3) is 10.0 Å². The molecular weight excluding hydrogens is 222 g/mol. The largest absolute Gasteiger partial charge is 0.273 e. The highest BCUT2D eigenvalue weighted by atomic mass is 32.2. The van der Waals surface area contributed by atoms with Crippen molar-refractivity contribution in [2.45, 2.75) is 18.7 Å². The van der Waals surface area contributed by atoms with Gasteiger partial charge in [-0.25, -0.2) is 8.42 Å². The number of benzene rings is 1. The van der Waals surface area contributed by atoms with Crippen molar-refractivity contribution in [3.63, 3.8) is 0 Å². The molecule has 0 N–H and O–H groups in total. The Bertz CT molecular complexity index is 502. The third-order valence-corrected chi connectivity index (χ3v) is 4.43. The fourth-order valence-corrected chi connectivity index (χ4v) is 3.09. The predicted octanol–water partition coefficient (Wildman–Crippen LogP) is 2.15. The first kappa shape index (κ1) is 11.2. The third-order valence-electron chi connectivity index (χ3n) is 2.68. The van der Waals surface area contributed by atoms with Gasteiger partial charge in [0.1, 0.15) is 0 Å². The fraction of sp³-hybridized carbons (Fsp3) is 0.333. The van der Waals surface area contributed by atoms with Gasteiger partial charge in [-0.1, -0.05) is 30.7 Å². The quantitative estimate of drug-likeness (QED) is 0.790. The van der Waals surface area contributed by atoms with Crippen molar-refractivity contribution in [3.05, 3.63) is 42.1 Å². The lowest BCUT2D eigenvalue weighted by Gasteiger charge is -2.17. The summed E-state index contributed by atoms with van der Waals surface area (Å²) in [7, 11) is -3.34. The van der Waals surface area contributed by atoms with Crippen molar-refractivity contribution < 1.29 is 8.42 Å². The average Bonchev–Trinajstić information content (AvgIpc) is 2.66. The first-order valence-corrected chi connectivity index (χ1v) is 6.71. The molecule has 0 aliphatic carbocycles. The van der Waals surface area contributed by atoms with Crippen molar-refractivity contribution in [2.24, 2.45) is 5.92 Å². The summed E-state index contributed by atoms with van der Waals surface area (Å²) < 4.78 is 25.7. The minimum absolute atomic E-state index is 0.292. The smallest absolute Gasteiger partial charge is 0.263 e. The van der Waals surface area contributed by atoms with Crippen LogP contribution in [0.1, 0.15) is 12.5 Å². The van der Waals surface area contributed by atoms with Crippen LogP contribution >= 0.6 is 0 Å². The molecule has 86 valence electrons. The molecule has 0 fully saturated rings. The molecule has 0 radical (unpaired) electrons. The molecule has 2 rings (SSSR count). The lowest BCUT2D eigenvalue weighted by molar-refractivity contribution is 0.492. The van der Waals surface area contributed by atoms with Crippen molar-refractivity contribution in [1.82, 2.24) is 4.31 Å². The molecule has 4 heteroatoms. The molecule has 0 spiro atoms. The summed E-state index contributed by atoms with van der Waals surface area (Å²) in [6.45, 7) is 4.48. The Hall–Kier alpha value is -1.29. The maximum absolute atomic E-state index is 12.2. The van der Waals surface area contributed by atoms with Gasteiger partial charge >= 0.3 is 0 Å². The summed E-state index contributed by atoms with van der Waals surface area (Å²) in [4.78, 5) is 0.358. The molecule has 0 bridgehead atoms. The molecule has 1 aromatic carbocycles. The van der Waals surface area contributed by atoms with E-state index in [9.17, 15) is 8.42 Å². The van der Waals surface area contributed by atoms with Crippen LogP contribution in [0, 0.1) is 12.8 Å². The summed E-state index contributed by atoms with van der Waals surface area (Å²) >= 11 is 0. The number of sulfonamides is 1. The van der Waals surface area contributed by atoms with E-state index in [-0.39, 0.29) is 0 Å². The van der Waals surface area contributed by atoms with Gasteiger partial charge in [0, 0.05) is 12.7 Å². The minimum Gasteiger partial charge on any atom is -0.273 e. The Morgan fingerprint density at radius 3 is 2.38 bits per heavy atom. The van der Waals surface area contributed by atoms with E-state index in [0.717, 1.165) is 5.56 Å². The van der Waals surface area contributed by atoms with Gasteiger partial charge < -0.3 is 0 Å². The van der Waals surface area contributed by atoms with Crippen molar-refractivity contribution in [1.29, 1.82) is 0 Å². The van der Waals surface area contributed by atoms with Crippen LogP contribution in [-0.4, -0.2) is 19.3 Å². The van der Waals surface area contributed by atoms with Gasteiger partial charge in [0.2, 0.25) is 0 Å². The van der Waals surface area contributed by atoms with Crippen LogP contribution in [0.5, 0.6) is 0 Å². The number of rotatable bonds is 2. The van der Waals surface area contributed by atoms with E-state index in [2.05, 4.69) is 0 Å². The highest BCUT2D eigenvalue weighted by molar-refractivity contribution is 7.89. The van der Waals surface area contributed by atoms with Gasteiger partial charge in [0.15, 0.2) is 0 Å². The van der Waals surface area contributed by atoms with E-state index in [4.69, 9.17) is 0 Å². The molecule has 1 aliphatic heterocycles. The van der Waals surface area contributed by atoms with Gasteiger partial charge in [0.05, 0.1) is 4.90 Å². The van der Waals surface area contributed by atoms with Crippen LogP contribution in [0.25, 0.3) is 0 Å². The van der Waals surface area contributed by atoms with Gasteiger partial charge in [-0.2, -0.15) is 0 Å². The number of nitrogens with zero attached hydrogens (tertiary/aromatic N) is 1. The molecule has 0 saturated carbocycles. The maximum atomic E-state index is 12.2. The fourth-order valence-electron chi connectivity index (χ4n) is 1.67. The molecule has 0 aromatic heterocycles. The second kappa shape index (κ2) is 3.94. The SMILES string of the molecule is Cc1ccc(S(=O)(=O)N2C=CC(C)C2)cc1. The topological polar surface area (TPSA) is 37.4 Å². The van der Waals surface area contributed by atoms with Crippen LogP contribution in [-0.2, 0) is 10.0 Å². The molecule has 3 nitrogen and oxygen atoms in total. The summed E-state index contributed by atoms with van der Waals surface area (Å²) in [6.07, 6.45) is 3.56. The third kappa shape index (κ3) is 1.97. The minimum atomic E-state index is -3.34. The second-order valence-corrected chi connectivity index (χ2v) is 6.10. The zero-order valence-electron chi connectivity index (χ0n) is 9.42. The molecule has 1 unspecified atom stereocenters. The van der Waals surface area contributed by atoms with E-state index in [1.54, 1.807) is 18.3 Å². The van der Waals surface area contributed by atoms with E-state index in [1.165, 1.54) is 4.31 Å². The molecule has 0 saturated heterocycles. The Kier molecular flexibility index (Phi) is 2.76. The maximum Gasteiger partial charge on any atom is 0.263 e. The monoisotopic (exact) mass is 237 g/mol. The van der Waals surface area contributed by atoms with E-state index in [1.807, 2.05) is 32.1 Å². The Morgan fingerprint density at radius 2 is 1.88 bits per heavy atom. The average molecular weight is 237 g/mol. The first-order chi connectivity index (χ1) is 7.50. The summed E-state index contributed by atoms with van der Waals surface area (Å²) in [5.74, 6) is 0.292. The summed E-state index contributed by atoms with van der Waals surface area (Å²) in [5, 5.41) is 0. The van der Waals surface area contributed by atoms with Crippen molar-refractivity contribution in [3.8, 4) is 0 Å². The van der Waals surface area contributed by atoms with Crippen LogP contribution < -0.4 is 0 Å². The van der Waals surface area contributed by atoms with E-state index in [0.29, 0.717) is 17.4 Å². The number of aryl methyl sites for hydroxylation is 1. The zero-order valence-corrected chi connectivity index (χ0v) is 10.2. The van der Waals surface area contributed by atoms with Crippen LogP contribution in [0.3, 0.4) is 0 Å². The molecule has 1 aromatic rings. The predicted molar refractivity (Wildman–Crippen MR) is 63.4 cm³/mol. The zero-order chi connectivity index (χ0) is 11.8.